The van der Waals surface area contributed by atoms with Gasteiger partial charge in [-0.15, -0.1) is 0 Å². The number of rotatable bonds is 4. The number of aromatic nitrogens is 1. The number of methoxy groups -OCH3 is 1. The van der Waals surface area contributed by atoms with Crippen LogP contribution in [0.15, 0.2) is 53.6 Å². The van der Waals surface area contributed by atoms with Crippen LogP contribution in [0.2, 0.25) is 0 Å². The minimum absolute atomic E-state index is 0.207. The molecule has 132 valence electrons. The van der Waals surface area contributed by atoms with Gasteiger partial charge < -0.3 is 9.64 Å². The normalized spacial score (nSPS) is 15.8. The molecule has 1 fully saturated rings. The van der Waals surface area contributed by atoms with Gasteiger partial charge in [0.2, 0.25) is 15.9 Å². The van der Waals surface area contributed by atoms with Crippen LogP contribution in [0.4, 0.5) is 0 Å². The van der Waals surface area contributed by atoms with Crippen molar-refractivity contribution in [3.63, 3.8) is 0 Å². The molecule has 1 aromatic heterocycles. The second kappa shape index (κ2) is 7.20. The van der Waals surface area contributed by atoms with E-state index in [0.717, 1.165) is 0 Å². The molecule has 25 heavy (non-hydrogen) atoms. The van der Waals surface area contributed by atoms with Crippen molar-refractivity contribution in [3.05, 3.63) is 54.2 Å². The summed E-state index contributed by atoms with van der Waals surface area (Å²) < 4.78 is 31.8. The van der Waals surface area contributed by atoms with Gasteiger partial charge in [0.05, 0.1) is 12.0 Å². The van der Waals surface area contributed by atoms with Crippen LogP contribution in [0.5, 0.6) is 5.88 Å². The molecule has 0 radical (unpaired) electrons. The molecule has 0 unspecified atom stereocenters. The van der Waals surface area contributed by atoms with Gasteiger partial charge >= 0.3 is 0 Å². The number of piperazine rings is 1. The summed E-state index contributed by atoms with van der Waals surface area (Å²) in [5.74, 6) is 0.0635. The van der Waals surface area contributed by atoms with Gasteiger partial charge in [-0.05, 0) is 24.3 Å². The van der Waals surface area contributed by atoms with Crippen molar-refractivity contribution in [3.8, 4) is 5.88 Å². The van der Waals surface area contributed by atoms with Gasteiger partial charge in [-0.1, -0.05) is 18.2 Å². The minimum atomic E-state index is -3.53. The van der Waals surface area contributed by atoms with E-state index in [1.165, 1.54) is 11.4 Å². The SMILES string of the molecule is COc1ncccc1C(=O)N1CCN(S(=O)(=O)c2ccccc2)CC1. The lowest BCUT2D eigenvalue weighted by molar-refractivity contribution is 0.0693. The Labute approximate surface area is 146 Å². The summed E-state index contributed by atoms with van der Waals surface area (Å²) in [6.45, 7) is 1.16. The third kappa shape index (κ3) is 3.49. The van der Waals surface area contributed by atoms with Crippen LogP contribution in [0.3, 0.4) is 0 Å². The van der Waals surface area contributed by atoms with Gasteiger partial charge in [-0.3, -0.25) is 4.79 Å². The van der Waals surface area contributed by atoms with E-state index in [2.05, 4.69) is 4.98 Å². The van der Waals surface area contributed by atoms with Gasteiger partial charge in [0.15, 0.2) is 0 Å². The first kappa shape index (κ1) is 17.4. The van der Waals surface area contributed by atoms with Crippen LogP contribution in [-0.2, 0) is 10.0 Å². The summed E-state index contributed by atoms with van der Waals surface area (Å²) in [5.41, 5.74) is 0.379. The van der Waals surface area contributed by atoms with Crippen molar-refractivity contribution in [1.82, 2.24) is 14.2 Å². The summed E-state index contributed by atoms with van der Waals surface area (Å²) in [6.07, 6.45) is 1.56. The molecule has 1 saturated heterocycles. The van der Waals surface area contributed by atoms with E-state index in [1.807, 2.05) is 0 Å². The predicted octanol–water partition coefficient (Wildman–Crippen LogP) is 1.24. The van der Waals surface area contributed by atoms with E-state index in [1.54, 1.807) is 53.6 Å². The van der Waals surface area contributed by atoms with Crippen molar-refractivity contribution < 1.29 is 17.9 Å². The standard InChI is InChI=1S/C17H19N3O4S/c1-24-16-15(8-5-9-18-16)17(21)19-10-12-20(13-11-19)25(22,23)14-6-3-2-4-7-14/h2-9H,10-13H2,1H3. The number of hydrogen-bond donors (Lipinski definition) is 0. The molecule has 0 spiro atoms. The zero-order chi connectivity index (χ0) is 17.9. The number of pyridine rings is 1. The fraction of sp³-hybridized carbons (Fsp3) is 0.294. The Hall–Kier alpha value is -2.45. The molecule has 2 aromatic rings. The van der Waals surface area contributed by atoms with Gasteiger partial charge in [0, 0.05) is 32.4 Å². The number of carbonyl (C=O) groups is 1. The van der Waals surface area contributed by atoms with Crippen molar-refractivity contribution in [2.24, 2.45) is 0 Å². The third-order valence-electron chi connectivity index (χ3n) is 4.10. The highest BCUT2D eigenvalue weighted by atomic mass is 32.2. The predicted molar refractivity (Wildman–Crippen MR) is 91.9 cm³/mol. The van der Waals surface area contributed by atoms with Gasteiger partial charge in [-0.2, -0.15) is 4.31 Å². The smallest absolute Gasteiger partial charge is 0.259 e. The molecule has 0 N–H and O–H groups in total. The monoisotopic (exact) mass is 361 g/mol. The number of sulfonamides is 1. The van der Waals surface area contributed by atoms with Crippen molar-refractivity contribution in [2.75, 3.05) is 33.3 Å². The fourth-order valence-corrected chi connectivity index (χ4v) is 4.20. The average molecular weight is 361 g/mol. The van der Waals surface area contributed by atoms with Gasteiger partial charge in [0.1, 0.15) is 5.56 Å². The van der Waals surface area contributed by atoms with Crippen LogP contribution < -0.4 is 4.74 Å². The molecule has 0 saturated carbocycles. The molecule has 1 aliphatic heterocycles. The first-order valence-corrected chi connectivity index (χ1v) is 9.31. The quantitative estimate of drug-likeness (QED) is 0.818. The molecule has 2 heterocycles. The summed E-state index contributed by atoms with van der Waals surface area (Å²) in [4.78, 5) is 18.6. The summed E-state index contributed by atoms with van der Waals surface area (Å²) in [6, 6.07) is 11.6. The second-order valence-corrected chi connectivity index (χ2v) is 7.51. The first-order chi connectivity index (χ1) is 12.0. The van der Waals surface area contributed by atoms with E-state index in [-0.39, 0.29) is 29.8 Å². The molecule has 1 amide bonds. The van der Waals surface area contributed by atoms with Crippen LogP contribution >= 0.6 is 0 Å². The number of benzene rings is 1. The Kier molecular flexibility index (Phi) is 5.00. The zero-order valence-corrected chi connectivity index (χ0v) is 14.6. The lowest BCUT2D eigenvalue weighted by Crippen LogP contribution is -2.50. The van der Waals surface area contributed by atoms with E-state index in [9.17, 15) is 13.2 Å². The fourth-order valence-electron chi connectivity index (χ4n) is 2.76. The maximum absolute atomic E-state index is 12.6. The molecule has 1 aliphatic rings. The average Bonchev–Trinajstić information content (AvgIpc) is 2.68. The van der Waals surface area contributed by atoms with Crippen LogP contribution in [0, 0.1) is 0 Å². The Bertz CT molecular complexity index is 847. The van der Waals surface area contributed by atoms with Crippen LogP contribution in [-0.4, -0.2) is 61.8 Å². The molecule has 7 nitrogen and oxygen atoms in total. The molecule has 0 bridgehead atoms. The zero-order valence-electron chi connectivity index (χ0n) is 13.8. The number of hydrogen-bond acceptors (Lipinski definition) is 5. The highest BCUT2D eigenvalue weighted by Gasteiger charge is 2.31. The third-order valence-corrected chi connectivity index (χ3v) is 6.01. The van der Waals surface area contributed by atoms with E-state index in [4.69, 9.17) is 4.74 Å². The van der Waals surface area contributed by atoms with Crippen LogP contribution in [0.25, 0.3) is 0 Å². The first-order valence-electron chi connectivity index (χ1n) is 7.87. The number of amides is 1. The Morgan fingerprint density at radius 1 is 1.04 bits per heavy atom. The second-order valence-electron chi connectivity index (χ2n) is 5.57. The topological polar surface area (TPSA) is 79.8 Å². The minimum Gasteiger partial charge on any atom is -0.480 e. The molecular weight excluding hydrogens is 342 g/mol. The molecule has 0 aliphatic carbocycles. The summed E-state index contributed by atoms with van der Waals surface area (Å²) >= 11 is 0. The molecule has 1 aromatic carbocycles. The van der Waals surface area contributed by atoms with Crippen molar-refractivity contribution >= 4 is 15.9 Å². The number of ether oxygens (including phenoxy) is 1. The molecule has 0 atom stereocenters. The van der Waals surface area contributed by atoms with E-state index >= 15 is 0 Å². The van der Waals surface area contributed by atoms with E-state index < -0.39 is 10.0 Å². The summed E-state index contributed by atoms with van der Waals surface area (Å²) in [7, 11) is -2.07. The maximum atomic E-state index is 12.6. The van der Waals surface area contributed by atoms with Crippen molar-refractivity contribution in [2.45, 2.75) is 4.90 Å². The Morgan fingerprint density at radius 3 is 2.36 bits per heavy atom. The number of carbonyl (C=O) groups excluding carboxylic acids is 1. The highest BCUT2D eigenvalue weighted by molar-refractivity contribution is 7.89. The van der Waals surface area contributed by atoms with Crippen molar-refractivity contribution in [1.29, 1.82) is 0 Å². The number of nitrogens with zero attached hydrogens (tertiary/aromatic N) is 3. The van der Waals surface area contributed by atoms with E-state index in [0.29, 0.717) is 18.7 Å². The lowest BCUT2D eigenvalue weighted by atomic mass is 10.2. The highest BCUT2D eigenvalue weighted by Crippen LogP contribution is 2.20. The molecule has 3 rings (SSSR count). The summed E-state index contributed by atoms with van der Waals surface area (Å²) in [5, 5.41) is 0. The van der Waals surface area contributed by atoms with Gasteiger partial charge in [-0.25, -0.2) is 13.4 Å². The molecule has 8 heteroatoms. The largest absolute Gasteiger partial charge is 0.480 e. The maximum Gasteiger partial charge on any atom is 0.259 e. The Morgan fingerprint density at radius 2 is 1.72 bits per heavy atom. The van der Waals surface area contributed by atoms with Crippen LogP contribution in [0.1, 0.15) is 10.4 Å². The molecular formula is C17H19N3O4S. The lowest BCUT2D eigenvalue weighted by Gasteiger charge is -2.34. The Balaban J connectivity index is 1.71. The van der Waals surface area contributed by atoms with Gasteiger partial charge in [0.25, 0.3) is 5.91 Å².